The number of methoxy groups -OCH3 is 3. The van der Waals surface area contributed by atoms with E-state index in [1.165, 1.54) is 0 Å². The Bertz CT molecular complexity index is 318. The molecule has 0 saturated heterocycles. The lowest BCUT2D eigenvalue weighted by atomic mass is 10.0. The molecule has 0 N–H and O–H groups in total. The van der Waals surface area contributed by atoms with Crippen LogP contribution in [0.2, 0.25) is 0 Å². The van der Waals surface area contributed by atoms with Crippen molar-refractivity contribution < 1.29 is 14.2 Å². The Morgan fingerprint density at radius 3 is 1.88 bits per heavy atom. The SMILES string of the molecule is COc1ccc(C(OC)(OC)C(C)Br)cc1. The molecule has 1 atom stereocenters. The number of alkyl halides is 1. The molecule has 1 aromatic carbocycles. The minimum atomic E-state index is -0.772. The average molecular weight is 289 g/mol. The van der Waals surface area contributed by atoms with Crippen LogP contribution >= 0.6 is 15.9 Å². The first-order valence-electron chi connectivity index (χ1n) is 4.99. The second-order valence-electron chi connectivity index (χ2n) is 3.42. The summed E-state index contributed by atoms with van der Waals surface area (Å²) in [6.07, 6.45) is 0. The molecule has 0 fully saturated rings. The predicted octanol–water partition coefficient (Wildman–Crippen LogP) is 2.92. The maximum absolute atomic E-state index is 5.50. The normalized spacial score (nSPS) is 13.6. The van der Waals surface area contributed by atoms with E-state index >= 15 is 0 Å². The molecule has 3 nitrogen and oxygen atoms in total. The van der Waals surface area contributed by atoms with Gasteiger partial charge in [-0.25, -0.2) is 0 Å². The summed E-state index contributed by atoms with van der Waals surface area (Å²) in [4.78, 5) is 0.0309. The molecule has 4 heteroatoms. The smallest absolute Gasteiger partial charge is 0.206 e. The zero-order valence-corrected chi connectivity index (χ0v) is 11.6. The summed E-state index contributed by atoms with van der Waals surface area (Å²) >= 11 is 3.51. The quantitative estimate of drug-likeness (QED) is 0.616. The molecule has 0 aliphatic carbocycles. The number of ether oxygens (including phenoxy) is 3. The van der Waals surface area contributed by atoms with Crippen molar-refractivity contribution in [1.29, 1.82) is 0 Å². The van der Waals surface area contributed by atoms with E-state index < -0.39 is 5.79 Å². The van der Waals surface area contributed by atoms with E-state index in [0.717, 1.165) is 11.3 Å². The van der Waals surface area contributed by atoms with E-state index in [1.54, 1.807) is 21.3 Å². The maximum Gasteiger partial charge on any atom is 0.206 e. The third-order valence-electron chi connectivity index (χ3n) is 2.62. The molecule has 0 amide bonds. The zero-order valence-electron chi connectivity index (χ0n) is 9.99. The van der Waals surface area contributed by atoms with Gasteiger partial charge in [0, 0.05) is 19.8 Å². The van der Waals surface area contributed by atoms with E-state index in [0.29, 0.717) is 0 Å². The maximum atomic E-state index is 5.50. The van der Waals surface area contributed by atoms with Crippen LogP contribution in [-0.2, 0) is 15.3 Å². The number of hydrogen-bond acceptors (Lipinski definition) is 3. The van der Waals surface area contributed by atoms with Gasteiger partial charge in [0.25, 0.3) is 0 Å². The van der Waals surface area contributed by atoms with Gasteiger partial charge < -0.3 is 14.2 Å². The van der Waals surface area contributed by atoms with Crippen molar-refractivity contribution in [2.75, 3.05) is 21.3 Å². The fourth-order valence-electron chi connectivity index (χ4n) is 1.70. The van der Waals surface area contributed by atoms with Crippen LogP contribution < -0.4 is 4.74 Å². The van der Waals surface area contributed by atoms with E-state index in [1.807, 2.05) is 31.2 Å². The first-order valence-corrected chi connectivity index (χ1v) is 5.91. The molecule has 0 spiro atoms. The van der Waals surface area contributed by atoms with Gasteiger partial charge in [0.2, 0.25) is 5.79 Å². The molecule has 0 bridgehead atoms. The van der Waals surface area contributed by atoms with Gasteiger partial charge in [0.15, 0.2) is 0 Å². The van der Waals surface area contributed by atoms with Crippen LogP contribution in [0.1, 0.15) is 12.5 Å². The summed E-state index contributed by atoms with van der Waals surface area (Å²) in [5.41, 5.74) is 0.947. The van der Waals surface area contributed by atoms with Crippen molar-refractivity contribution in [2.45, 2.75) is 17.5 Å². The summed E-state index contributed by atoms with van der Waals surface area (Å²) in [6, 6.07) is 7.64. The lowest BCUT2D eigenvalue weighted by molar-refractivity contribution is -0.212. The number of hydrogen-bond donors (Lipinski definition) is 0. The number of halogens is 1. The Kier molecular flexibility index (Phi) is 4.77. The molecule has 0 aliphatic heterocycles. The molecule has 16 heavy (non-hydrogen) atoms. The fraction of sp³-hybridized carbons (Fsp3) is 0.500. The second kappa shape index (κ2) is 5.66. The third-order valence-corrected chi connectivity index (χ3v) is 3.23. The topological polar surface area (TPSA) is 27.7 Å². The van der Waals surface area contributed by atoms with Crippen molar-refractivity contribution in [3.05, 3.63) is 29.8 Å². The number of rotatable bonds is 5. The Hall–Kier alpha value is -0.580. The molecule has 0 aromatic heterocycles. The molecule has 0 aliphatic rings. The Balaban J connectivity index is 3.10. The number of benzene rings is 1. The van der Waals surface area contributed by atoms with Crippen molar-refractivity contribution in [3.8, 4) is 5.75 Å². The minimum absolute atomic E-state index is 0.0309. The van der Waals surface area contributed by atoms with E-state index in [-0.39, 0.29) is 4.83 Å². The first kappa shape index (κ1) is 13.5. The molecule has 0 radical (unpaired) electrons. The summed E-state index contributed by atoms with van der Waals surface area (Å²) < 4.78 is 16.1. The lowest BCUT2D eigenvalue weighted by Crippen LogP contribution is -2.38. The zero-order chi connectivity index (χ0) is 12.2. The largest absolute Gasteiger partial charge is 0.497 e. The first-order chi connectivity index (χ1) is 7.60. The van der Waals surface area contributed by atoms with Crippen LogP contribution in [-0.4, -0.2) is 26.2 Å². The van der Waals surface area contributed by atoms with E-state index in [4.69, 9.17) is 14.2 Å². The van der Waals surface area contributed by atoms with Crippen molar-refractivity contribution in [1.82, 2.24) is 0 Å². The average Bonchev–Trinajstić information content (AvgIpc) is 2.32. The van der Waals surface area contributed by atoms with Gasteiger partial charge >= 0.3 is 0 Å². The van der Waals surface area contributed by atoms with Gasteiger partial charge in [-0.05, 0) is 31.2 Å². The fourth-order valence-corrected chi connectivity index (χ4v) is 2.33. The molecule has 1 unspecified atom stereocenters. The van der Waals surface area contributed by atoms with Crippen LogP contribution in [0.25, 0.3) is 0 Å². The molecule has 0 heterocycles. The van der Waals surface area contributed by atoms with Gasteiger partial charge in [0.1, 0.15) is 5.75 Å². The highest BCUT2D eigenvalue weighted by Crippen LogP contribution is 2.34. The van der Waals surface area contributed by atoms with Crippen LogP contribution in [0.4, 0.5) is 0 Å². The van der Waals surface area contributed by atoms with Gasteiger partial charge in [0.05, 0.1) is 11.9 Å². The molecule has 1 aromatic rings. The van der Waals surface area contributed by atoms with E-state index in [2.05, 4.69) is 15.9 Å². The van der Waals surface area contributed by atoms with Crippen LogP contribution in [0.5, 0.6) is 5.75 Å². The standard InChI is InChI=1S/C12H17BrO3/c1-9(13)12(15-3,16-4)10-5-7-11(14-2)8-6-10/h5-9H,1-4H3. The highest BCUT2D eigenvalue weighted by Gasteiger charge is 2.37. The molecular weight excluding hydrogens is 272 g/mol. The van der Waals surface area contributed by atoms with Crippen molar-refractivity contribution in [2.24, 2.45) is 0 Å². The Morgan fingerprint density at radius 2 is 1.56 bits per heavy atom. The molecular formula is C12H17BrO3. The van der Waals surface area contributed by atoms with Crippen molar-refractivity contribution in [3.63, 3.8) is 0 Å². The summed E-state index contributed by atoms with van der Waals surface area (Å²) in [5, 5.41) is 0. The van der Waals surface area contributed by atoms with Gasteiger partial charge in [-0.2, -0.15) is 0 Å². The monoisotopic (exact) mass is 288 g/mol. The van der Waals surface area contributed by atoms with Gasteiger partial charge in [-0.15, -0.1) is 0 Å². The minimum Gasteiger partial charge on any atom is -0.497 e. The molecule has 1 rings (SSSR count). The van der Waals surface area contributed by atoms with Crippen molar-refractivity contribution >= 4 is 15.9 Å². The summed E-state index contributed by atoms with van der Waals surface area (Å²) in [7, 11) is 4.90. The highest BCUT2D eigenvalue weighted by molar-refractivity contribution is 9.09. The van der Waals surface area contributed by atoms with Gasteiger partial charge in [-0.3, -0.25) is 0 Å². The molecule has 90 valence electrons. The highest BCUT2D eigenvalue weighted by atomic mass is 79.9. The second-order valence-corrected chi connectivity index (χ2v) is 4.79. The van der Waals surface area contributed by atoms with Gasteiger partial charge in [-0.1, -0.05) is 15.9 Å². The predicted molar refractivity (Wildman–Crippen MR) is 67.1 cm³/mol. The van der Waals surface area contributed by atoms with Crippen LogP contribution in [0.15, 0.2) is 24.3 Å². The van der Waals surface area contributed by atoms with E-state index in [9.17, 15) is 0 Å². The Morgan fingerprint density at radius 1 is 1.06 bits per heavy atom. The van der Waals surface area contributed by atoms with Crippen LogP contribution in [0.3, 0.4) is 0 Å². The third kappa shape index (κ3) is 2.39. The Labute approximate surface area is 105 Å². The summed E-state index contributed by atoms with van der Waals surface area (Å²) in [5.74, 6) is 0.0406. The molecule has 0 saturated carbocycles. The summed E-state index contributed by atoms with van der Waals surface area (Å²) in [6.45, 7) is 1.98. The lowest BCUT2D eigenvalue weighted by Gasteiger charge is -2.34. The van der Waals surface area contributed by atoms with Crippen LogP contribution in [0, 0.1) is 0 Å².